The van der Waals surface area contributed by atoms with Gasteiger partial charge in [-0.05, 0) is 18.4 Å². The Morgan fingerprint density at radius 2 is 1.86 bits per heavy atom. The van der Waals surface area contributed by atoms with Crippen LogP contribution in [0.1, 0.15) is 18.4 Å². The first-order valence-corrected chi connectivity index (χ1v) is 7.23. The highest BCUT2D eigenvalue weighted by Crippen LogP contribution is 2.28. The Morgan fingerprint density at radius 3 is 2.52 bits per heavy atom. The largest absolute Gasteiger partial charge is 0.389 e. The molecule has 110 valence electrons. The topological polar surface area (TPSA) is 75.3 Å². The molecule has 1 saturated heterocycles. The molecule has 0 bridgehead atoms. The molecule has 3 N–H and O–H groups in total. The van der Waals surface area contributed by atoms with Gasteiger partial charge in [0, 0.05) is 19.5 Å². The molecule has 0 amide bonds. The number of nitrogens with two attached hydrogens (primary N) is 1. The molecule has 1 fully saturated rings. The SMILES string of the molecule is Nc1cncc(N2CCC(O)(Cc3ccccc3)CC2)n1. The fourth-order valence-corrected chi connectivity index (χ4v) is 2.83. The minimum absolute atomic E-state index is 0.428. The monoisotopic (exact) mass is 284 g/mol. The van der Waals surface area contributed by atoms with Gasteiger partial charge in [-0.1, -0.05) is 30.3 Å². The predicted molar refractivity (Wildman–Crippen MR) is 83.0 cm³/mol. The third kappa shape index (κ3) is 3.31. The first kappa shape index (κ1) is 13.8. The first-order chi connectivity index (χ1) is 10.1. The van der Waals surface area contributed by atoms with Gasteiger partial charge in [0.25, 0.3) is 0 Å². The van der Waals surface area contributed by atoms with Crippen molar-refractivity contribution in [3.63, 3.8) is 0 Å². The van der Waals surface area contributed by atoms with Crippen LogP contribution in [0.15, 0.2) is 42.7 Å². The highest BCUT2D eigenvalue weighted by Gasteiger charge is 2.32. The Labute approximate surface area is 124 Å². The van der Waals surface area contributed by atoms with Crippen LogP contribution in [-0.2, 0) is 6.42 Å². The number of nitrogen functional groups attached to an aromatic ring is 1. The summed E-state index contributed by atoms with van der Waals surface area (Å²) in [5, 5.41) is 10.8. The molecular weight excluding hydrogens is 264 g/mol. The van der Waals surface area contributed by atoms with Crippen molar-refractivity contribution in [1.82, 2.24) is 9.97 Å². The Bertz CT molecular complexity index is 594. The summed E-state index contributed by atoms with van der Waals surface area (Å²) in [6.45, 7) is 1.53. The summed E-state index contributed by atoms with van der Waals surface area (Å²) < 4.78 is 0. The van der Waals surface area contributed by atoms with E-state index in [4.69, 9.17) is 5.73 Å². The lowest BCUT2D eigenvalue weighted by atomic mass is 9.85. The number of hydrogen-bond acceptors (Lipinski definition) is 5. The Balaban J connectivity index is 1.64. The highest BCUT2D eigenvalue weighted by atomic mass is 16.3. The molecule has 1 aliphatic rings. The molecule has 5 heteroatoms. The van der Waals surface area contributed by atoms with E-state index >= 15 is 0 Å². The Kier molecular flexibility index (Phi) is 3.75. The predicted octanol–water partition coefficient (Wildman–Crippen LogP) is 1.63. The van der Waals surface area contributed by atoms with Crippen molar-refractivity contribution in [2.24, 2.45) is 0 Å². The number of rotatable bonds is 3. The van der Waals surface area contributed by atoms with Gasteiger partial charge in [-0.3, -0.25) is 4.98 Å². The molecule has 2 aromatic rings. The van der Waals surface area contributed by atoms with E-state index in [0.29, 0.717) is 12.2 Å². The summed E-state index contributed by atoms with van der Waals surface area (Å²) in [5.41, 5.74) is 6.22. The number of aromatic nitrogens is 2. The molecule has 1 aromatic heterocycles. The van der Waals surface area contributed by atoms with Gasteiger partial charge in [0.05, 0.1) is 18.0 Å². The van der Waals surface area contributed by atoms with E-state index in [2.05, 4.69) is 27.0 Å². The number of hydrogen-bond donors (Lipinski definition) is 2. The van der Waals surface area contributed by atoms with Crippen molar-refractivity contribution in [2.45, 2.75) is 24.9 Å². The van der Waals surface area contributed by atoms with Crippen LogP contribution < -0.4 is 10.6 Å². The second kappa shape index (κ2) is 5.69. The molecule has 0 radical (unpaired) electrons. The van der Waals surface area contributed by atoms with Gasteiger partial charge in [0.2, 0.25) is 0 Å². The maximum atomic E-state index is 10.8. The van der Waals surface area contributed by atoms with Crippen LogP contribution in [0.4, 0.5) is 11.6 Å². The molecular formula is C16H20N4O. The maximum absolute atomic E-state index is 10.8. The lowest BCUT2D eigenvalue weighted by Crippen LogP contribution is -2.46. The van der Waals surface area contributed by atoms with Gasteiger partial charge in [-0.15, -0.1) is 0 Å². The van der Waals surface area contributed by atoms with Crippen molar-refractivity contribution < 1.29 is 5.11 Å². The average molecular weight is 284 g/mol. The summed E-state index contributed by atoms with van der Waals surface area (Å²) >= 11 is 0. The zero-order valence-corrected chi connectivity index (χ0v) is 11.9. The second-order valence-electron chi connectivity index (χ2n) is 5.68. The van der Waals surface area contributed by atoms with Gasteiger partial charge >= 0.3 is 0 Å². The normalized spacial score (nSPS) is 17.7. The highest BCUT2D eigenvalue weighted by molar-refractivity contribution is 5.42. The minimum atomic E-state index is -0.633. The third-order valence-corrected chi connectivity index (χ3v) is 4.03. The van der Waals surface area contributed by atoms with Gasteiger partial charge in [0.1, 0.15) is 11.6 Å². The van der Waals surface area contributed by atoms with Crippen molar-refractivity contribution >= 4 is 11.6 Å². The number of aliphatic hydroxyl groups is 1. The van der Waals surface area contributed by atoms with Crippen LogP contribution in [0.5, 0.6) is 0 Å². The van der Waals surface area contributed by atoms with Crippen LogP contribution in [0.3, 0.4) is 0 Å². The molecule has 0 unspecified atom stereocenters. The second-order valence-corrected chi connectivity index (χ2v) is 5.68. The molecule has 21 heavy (non-hydrogen) atoms. The summed E-state index contributed by atoms with van der Waals surface area (Å²) in [4.78, 5) is 10.5. The van der Waals surface area contributed by atoms with Crippen LogP contribution >= 0.6 is 0 Å². The van der Waals surface area contributed by atoms with E-state index in [1.807, 2.05) is 18.2 Å². The number of benzene rings is 1. The van der Waals surface area contributed by atoms with Crippen molar-refractivity contribution in [2.75, 3.05) is 23.7 Å². The fourth-order valence-electron chi connectivity index (χ4n) is 2.83. The molecule has 3 rings (SSSR count). The third-order valence-electron chi connectivity index (χ3n) is 4.03. The van der Waals surface area contributed by atoms with Crippen LogP contribution in [-0.4, -0.2) is 33.8 Å². The van der Waals surface area contributed by atoms with E-state index in [0.717, 1.165) is 31.7 Å². The molecule has 0 aliphatic carbocycles. The number of nitrogens with zero attached hydrogens (tertiary/aromatic N) is 3. The fraction of sp³-hybridized carbons (Fsp3) is 0.375. The molecule has 0 atom stereocenters. The zero-order chi connectivity index (χ0) is 14.7. The number of piperidine rings is 1. The maximum Gasteiger partial charge on any atom is 0.149 e. The lowest BCUT2D eigenvalue weighted by molar-refractivity contribution is 0.0164. The summed E-state index contributed by atoms with van der Waals surface area (Å²) in [6, 6.07) is 10.1. The molecule has 1 aliphatic heterocycles. The molecule has 0 saturated carbocycles. The molecule has 5 nitrogen and oxygen atoms in total. The van der Waals surface area contributed by atoms with E-state index < -0.39 is 5.60 Å². The first-order valence-electron chi connectivity index (χ1n) is 7.23. The van der Waals surface area contributed by atoms with Crippen molar-refractivity contribution in [3.8, 4) is 0 Å². The standard InChI is InChI=1S/C16H20N4O/c17-14-11-18-12-15(19-14)20-8-6-16(21,7-9-20)10-13-4-2-1-3-5-13/h1-5,11-12,21H,6-10H2,(H2,17,19). The van der Waals surface area contributed by atoms with Gasteiger partial charge in [0.15, 0.2) is 0 Å². The van der Waals surface area contributed by atoms with Crippen LogP contribution in [0, 0.1) is 0 Å². The van der Waals surface area contributed by atoms with Crippen LogP contribution in [0.25, 0.3) is 0 Å². The minimum Gasteiger partial charge on any atom is -0.389 e. The Morgan fingerprint density at radius 1 is 1.14 bits per heavy atom. The number of anilines is 2. The molecule has 1 aromatic carbocycles. The summed E-state index contributed by atoms with van der Waals surface area (Å²) in [6.07, 6.45) is 5.40. The van der Waals surface area contributed by atoms with Crippen molar-refractivity contribution in [3.05, 3.63) is 48.3 Å². The van der Waals surface area contributed by atoms with Crippen LogP contribution in [0.2, 0.25) is 0 Å². The molecule has 2 heterocycles. The summed E-state index contributed by atoms with van der Waals surface area (Å²) in [7, 11) is 0. The van der Waals surface area contributed by atoms with E-state index in [-0.39, 0.29) is 0 Å². The van der Waals surface area contributed by atoms with Crippen molar-refractivity contribution in [1.29, 1.82) is 0 Å². The quantitative estimate of drug-likeness (QED) is 0.896. The van der Waals surface area contributed by atoms with E-state index in [1.165, 1.54) is 5.56 Å². The van der Waals surface area contributed by atoms with Gasteiger partial charge < -0.3 is 15.7 Å². The van der Waals surface area contributed by atoms with Gasteiger partial charge in [-0.25, -0.2) is 4.98 Å². The lowest BCUT2D eigenvalue weighted by Gasteiger charge is -2.38. The Hall–Kier alpha value is -2.14. The summed E-state index contributed by atoms with van der Waals surface area (Å²) in [5.74, 6) is 1.22. The average Bonchev–Trinajstić information content (AvgIpc) is 2.49. The smallest absolute Gasteiger partial charge is 0.149 e. The van der Waals surface area contributed by atoms with E-state index in [9.17, 15) is 5.11 Å². The van der Waals surface area contributed by atoms with Gasteiger partial charge in [-0.2, -0.15) is 0 Å². The van der Waals surface area contributed by atoms with E-state index in [1.54, 1.807) is 12.4 Å². The zero-order valence-electron chi connectivity index (χ0n) is 11.9. The molecule has 0 spiro atoms.